The van der Waals surface area contributed by atoms with Crippen LogP contribution in [0, 0.1) is 5.92 Å². The molecule has 1 aromatic rings. The van der Waals surface area contributed by atoms with Gasteiger partial charge in [-0.15, -0.1) is 0 Å². The van der Waals surface area contributed by atoms with Gasteiger partial charge in [0.25, 0.3) is 5.91 Å². The smallest absolute Gasteiger partial charge is 0.253 e. The van der Waals surface area contributed by atoms with Gasteiger partial charge in [0.1, 0.15) is 0 Å². The van der Waals surface area contributed by atoms with E-state index in [0.29, 0.717) is 44.1 Å². The Balaban J connectivity index is 2.01. The van der Waals surface area contributed by atoms with Gasteiger partial charge < -0.3 is 14.5 Å². The zero-order valence-corrected chi connectivity index (χ0v) is 15.0. The second-order valence-electron chi connectivity index (χ2n) is 6.75. The van der Waals surface area contributed by atoms with E-state index >= 15 is 0 Å². The van der Waals surface area contributed by atoms with E-state index in [1.807, 2.05) is 34.1 Å². The predicted octanol–water partition coefficient (Wildman–Crippen LogP) is 2.55. The third kappa shape index (κ3) is 5.06. The summed E-state index contributed by atoms with van der Waals surface area (Å²) in [6.07, 6.45) is 1.60. The molecule has 0 bridgehead atoms. The first-order valence-corrected chi connectivity index (χ1v) is 8.66. The number of methoxy groups -OCH3 is 1. The lowest BCUT2D eigenvalue weighted by Gasteiger charge is -2.24. The second kappa shape index (κ2) is 8.83. The van der Waals surface area contributed by atoms with E-state index in [2.05, 4.69) is 13.8 Å². The van der Waals surface area contributed by atoms with Gasteiger partial charge in [0.05, 0.1) is 6.61 Å². The fraction of sp³-hybridized carbons (Fsp3) is 0.579. The molecule has 1 aliphatic heterocycles. The minimum atomic E-state index is 0.0320. The Morgan fingerprint density at radius 2 is 2.00 bits per heavy atom. The van der Waals surface area contributed by atoms with Gasteiger partial charge in [0, 0.05) is 45.3 Å². The van der Waals surface area contributed by atoms with Crippen LogP contribution in [-0.4, -0.2) is 55.0 Å². The SMILES string of the molecule is COCCN(CC(C)C)C(=O)c1ccc(CN2CCCC2=O)cc1. The van der Waals surface area contributed by atoms with Gasteiger partial charge >= 0.3 is 0 Å². The number of carbonyl (C=O) groups excluding carboxylic acids is 2. The highest BCUT2D eigenvalue weighted by molar-refractivity contribution is 5.94. The number of amides is 2. The summed E-state index contributed by atoms with van der Waals surface area (Å²) in [5, 5.41) is 0. The minimum Gasteiger partial charge on any atom is -0.383 e. The Labute approximate surface area is 144 Å². The Hall–Kier alpha value is -1.88. The fourth-order valence-corrected chi connectivity index (χ4v) is 2.94. The highest BCUT2D eigenvalue weighted by Gasteiger charge is 2.20. The molecule has 2 amide bonds. The lowest BCUT2D eigenvalue weighted by atomic mass is 10.1. The molecule has 2 rings (SSSR count). The number of nitrogens with zero attached hydrogens (tertiary/aromatic N) is 2. The summed E-state index contributed by atoms with van der Waals surface area (Å²) in [5.41, 5.74) is 1.75. The average Bonchev–Trinajstić information content (AvgIpc) is 2.96. The summed E-state index contributed by atoms with van der Waals surface area (Å²) in [6, 6.07) is 7.61. The lowest BCUT2D eigenvalue weighted by molar-refractivity contribution is -0.128. The molecule has 24 heavy (non-hydrogen) atoms. The Kier molecular flexibility index (Phi) is 6.79. The third-order valence-corrected chi connectivity index (χ3v) is 4.18. The number of likely N-dealkylation sites (tertiary alicyclic amines) is 1. The van der Waals surface area contributed by atoms with Gasteiger partial charge in [-0.05, 0) is 30.0 Å². The zero-order chi connectivity index (χ0) is 17.5. The number of benzene rings is 1. The van der Waals surface area contributed by atoms with Gasteiger partial charge in [-0.1, -0.05) is 26.0 Å². The molecular formula is C19H28N2O3. The summed E-state index contributed by atoms with van der Waals surface area (Å²) in [4.78, 5) is 28.1. The van der Waals surface area contributed by atoms with E-state index in [-0.39, 0.29) is 11.8 Å². The molecule has 0 aliphatic carbocycles. The summed E-state index contributed by atoms with van der Waals surface area (Å²) in [5.74, 6) is 0.661. The third-order valence-electron chi connectivity index (χ3n) is 4.18. The first-order chi connectivity index (χ1) is 11.5. The molecule has 0 saturated carbocycles. The Bertz CT molecular complexity index is 554. The van der Waals surface area contributed by atoms with Gasteiger partial charge in [0.15, 0.2) is 0 Å². The lowest BCUT2D eigenvalue weighted by Crippen LogP contribution is -2.36. The maximum absolute atomic E-state index is 12.7. The van der Waals surface area contributed by atoms with Crippen molar-refractivity contribution in [1.29, 1.82) is 0 Å². The van der Waals surface area contributed by atoms with E-state index < -0.39 is 0 Å². The highest BCUT2D eigenvalue weighted by atomic mass is 16.5. The molecule has 0 unspecified atom stereocenters. The van der Waals surface area contributed by atoms with Crippen molar-refractivity contribution in [2.24, 2.45) is 5.92 Å². The van der Waals surface area contributed by atoms with Gasteiger partial charge in [0.2, 0.25) is 5.91 Å². The molecule has 0 atom stereocenters. The Morgan fingerprint density at radius 3 is 2.54 bits per heavy atom. The highest BCUT2D eigenvalue weighted by Crippen LogP contribution is 2.15. The van der Waals surface area contributed by atoms with Crippen LogP contribution in [-0.2, 0) is 16.1 Å². The standard InChI is InChI=1S/C19H28N2O3/c1-15(2)13-21(11-12-24-3)19(23)17-8-6-16(7-9-17)14-20-10-4-5-18(20)22/h6-9,15H,4-5,10-14H2,1-3H3. The van der Waals surface area contributed by atoms with Crippen molar-refractivity contribution < 1.29 is 14.3 Å². The molecule has 132 valence electrons. The van der Waals surface area contributed by atoms with Crippen molar-refractivity contribution >= 4 is 11.8 Å². The molecule has 1 saturated heterocycles. The number of hydrogen-bond acceptors (Lipinski definition) is 3. The number of hydrogen-bond donors (Lipinski definition) is 0. The van der Waals surface area contributed by atoms with Crippen LogP contribution in [0.1, 0.15) is 42.6 Å². The molecule has 5 nitrogen and oxygen atoms in total. The van der Waals surface area contributed by atoms with Crippen molar-refractivity contribution in [3.8, 4) is 0 Å². The summed E-state index contributed by atoms with van der Waals surface area (Å²) >= 11 is 0. The molecule has 1 fully saturated rings. The van der Waals surface area contributed by atoms with Crippen LogP contribution in [0.25, 0.3) is 0 Å². The molecule has 0 N–H and O–H groups in total. The van der Waals surface area contributed by atoms with Crippen LogP contribution in [0.15, 0.2) is 24.3 Å². The maximum Gasteiger partial charge on any atom is 0.253 e. The van der Waals surface area contributed by atoms with Gasteiger partial charge in [-0.25, -0.2) is 0 Å². The van der Waals surface area contributed by atoms with Crippen molar-refractivity contribution in [1.82, 2.24) is 9.80 Å². The van der Waals surface area contributed by atoms with Crippen LogP contribution < -0.4 is 0 Å². The normalized spacial score (nSPS) is 14.5. The van der Waals surface area contributed by atoms with E-state index in [0.717, 1.165) is 18.5 Å². The molecule has 0 spiro atoms. The minimum absolute atomic E-state index is 0.0320. The van der Waals surface area contributed by atoms with E-state index in [4.69, 9.17) is 4.74 Å². The van der Waals surface area contributed by atoms with Crippen molar-refractivity contribution in [2.75, 3.05) is 33.4 Å². The Morgan fingerprint density at radius 1 is 1.29 bits per heavy atom. The van der Waals surface area contributed by atoms with E-state index in [9.17, 15) is 9.59 Å². The molecule has 1 aromatic carbocycles. The molecule has 0 aromatic heterocycles. The molecular weight excluding hydrogens is 304 g/mol. The monoisotopic (exact) mass is 332 g/mol. The topological polar surface area (TPSA) is 49.9 Å². The van der Waals surface area contributed by atoms with Crippen LogP contribution in [0.4, 0.5) is 0 Å². The predicted molar refractivity (Wildman–Crippen MR) is 93.7 cm³/mol. The average molecular weight is 332 g/mol. The molecule has 1 heterocycles. The number of rotatable bonds is 8. The molecule has 1 aliphatic rings. The maximum atomic E-state index is 12.7. The van der Waals surface area contributed by atoms with E-state index in [1.165, 1.54) is 0 Å². The summed E-state index contributed by atoms with van der Waals surface area (Å²) in [7, 11) is 1.65. The quantitative estimate of drug-likeness (QED) is 0.735. The number of ether oxygens (including phenoxy) is 1. The summed E-state index contributed by atoms with van der Waals surface area (Å²) < 4.78 is 5.11. The second-order valence-corrected chi connectivity index (χ2v) is 6.75. The number of carbonyl (C=O) groups is 2. The largest absolute Gasteiger partial charge is 0.383 e. The van der Waals surface area contributed by atoms with Gasteiger partial charge in [-0.3, -0.25) is 9.59 Å². The van der Waals surface area contributed by atoms with Crippen LogP contribution in [0.3, 0.4) is 0 Å². The van der Waals surface area contributed by atoms with Crippen LogP contribution in [0.2, 0.25) is 0 Å². The molecule has 0 radical (unpaired) electrons. The van der Waals surface area contributed by atoms with Crippen molar-refractivity contribution in [2.45, 2.75) is 33.2 Å². The van der Waals surface area contributed by atoms with Crippen molar-refractivity contribution in [3.05, 3.63) is 35.4 Å². The first kappa shape index (κ1) is 18.5. The fourth-order valence-electron chi connectivity index (χ4n) is 2.94. The first-order valence-electron chi connectivity index (χ1n) is 8.66. The van der Waals surface area contributed by atoms with Crippen LogP contribution >= 0.6 is 0 Å². The van der Waals surface area contributed by atoms with Crippen LogP contribution in [0.5, 0.6) is 0 Å². The zero-order valence-electron chi connectivity index (χ0n) is 15.0. The van der Waals surface area contributed by atoms with Gasteiger partial charge in [-0.2, -0.15) is 0 Å². The summed E-state index contributed by atoms with van der Waals surface area (Å²) in [6.45, 7) is 7.51. The van der Waals surface area contributed by atoms with E-state index in [1.54, 1.807) is 7.11 Å². The molecule has 5 heteroatoms. The van der Waals surface area contributed by atoms with Crippen molar-refractivity contribution in [3.63, 3.8) is 0 Å².